The predicted molar refractivity (Wildman–Crippen MR) is 123 cm³/mol. The van der Waals surface area contributed by atoms with E-state index in [0.29, 0.717) is 19.6 Å². The normalized spacial score (nSPS) is 13.4. The van der Waals surface area contributed by atoms with E-state index in [0.717, 1.165) is 11.1 Å². The molecule has 0 amide bonds. The van der Waals surface area contributed by atoms with Crippen LogP contribution in [0.25, 0.3) is 0 Å². The third kappa shape index (κ3) is 8.27. The number of ether oxygens (including phenoxy) is 2. The SMILES string of the molecule is O[C@H](COCc1ccccc1)[C@H](C/C=C/[Se]c1ccccc1)OCc1ccccc1. The van der Waals surface area contributed by atoms with Crippen LogP contribution in [0.4, 0.5) is 0 Å². The summed E-state index contributed by atoms with van der Waals surface area (Å²) < 4.78 is 13.1. The van der Waals surface area contributed by atoms with Crippen LogP contribution >= 0.6 is 0 Å². The molecule has 0 aliphatic rings. The molecule has 0 aliphatic carbocycles. The monoisotopic (exact) mass is 468 g/mol. The second-order valence-corrected chi connectivity index (χ2v) is 9.00. The van der Waals surface area contributed by atoms with E-state index in [4.69, 9.17) is 9.47 Å². The van der Waals surface area contributed by atoms with Gasteiger partial charge in [0, 0.05) is 0 Å². The van der Waals surface area contributed by atoms with Crippen molar-refractivity contribution in [3.63, 3.8) is 0 Å². The van der Waals surface area contributed by atoms with Gasteiger partial charge in [0.15, 0.2) is 0 Å². The Balaban J connectivity index is 1.51. The Morgan fingerprint density at radius 2 is 1.33 bits per heavy atom. The van der Waals surface area contributed by atoms with Crippen molar-refractivity contribution in [1.82, 2.24) is 0 Å². The van der Waals surface area contributed by atoms with Gasteiger partial charge in [-0.25, -0.2) is 0 Å². The summed E-state index contributed by atoms with van der Waals surface area (Å²) in [6, 6.07) is 30.5. The minimum absolute atomic E-state index is 0.242. The summed E-state index contributed by atoms with van der Waals surface area (Å²) in [4.78, 5) is 2.19. The van der Waals surface area contributed by atoms with Crippen LogP contribution in [0.3, 0.4) is 0 Å². The van der Waals surface area contributed by atoms with Gasteiger partial charge in [-0.2, -0.15) is 0 Å². The molecule has 3 aromatic carbocycles. The molecule has 0 bridgehead atoms. The first-order chi connectivity index (χ1) is 14.8. The van der Waals surface area contributed by atoms with Gasteiger partial charge in [-0.15, -0.1) is 0 Å². The Labute approximate surface area is 185 Å². The van der Waals surface area contributed by atoms with E-state index in [-0.39, 0.29) is 27.7 Å². The fourth-order valence-electron chi connectivity index (χ4n) is 2.91. The van der Waals surface area contributed by atoms with Crippen LogP contribution < -0.4 is 4.46 Å². The Morgan fingerprint density at radius 3 is 1.97 bits per heavy atom. The summed E-state index contributed by atoms with van der Waals surface area (Å²) in [5.74, 6) is 0. The average Bonchev–Trinajstić information content (AvgIpc) is 2.80. The minimum atomic E-state index is -0.689. The Kier molecular flexibility index (Phi) is 9.87. The summed E-state index contributed by atoms with van der Waals surface area (Å²) in [6.45, 7) is 1.20. The number of rotatable bonds is 12. The maximum absolute atomic E-state index is 10.7. The number of aliphatic hydroxyl groups is 1. The molecule has 3 aromatic rings. The molecule has 0 unspecified atom stereocenters. The van der Waals surface area contributed by atoms with Crippen molar-refractivity contribution in [3.8, 4) is 0 Å². The molecule has 2 atom stereocenters. The van der Waals surface area contributed by atoms with Crippen LogP contribution in [0.2, 0.25) is 0 Å². The first kappa shape index (κ1) is 22.5. The Morgan fingerprint density at radius 1 is 0.767 bits per heavy atom. The van der Waals surface area contributed by atoms with Gasteiger partial charge in [0.1, 0.15) is 0 Å². The van der Waals surface area contributed by atoms with Gasteiger partial charge in [-0.1, -0.05) is 0 Å². The molecule has 0 saturated carbocycles. The van der Waals surface area contributed by atoms with Crippen molar-refractivity contribution < 1.29 is 14.6 Å². The van der Waals surface area contributed by atoms with Gasteiger partial charge in [0.2, 0.25) is 0 Å². The van der Waals surface area contributed by atoms with Crippen molar-refractivity contribution >= 4 is 19.4 Å². The van der Waals surface area contributed by atoms with E-state index in [1.807, 2.05) is 66.7 Å². The van der Waals surface area contributed by atoms with Gasteiger partial charge in [0.05, 0.1) is 0 Å². The Bertz CT molecular complexity index is 853. The van der Waals surface area contributed by atoms with Crippen molar-refractivity contribution in [3.05, 3.63) is 113 Å². The summed E-state index contributed by atoms with van der Waals surface area (Å²) in [7, 11) is 0. The third-order valence-electron chi connectivity index (χ3n) is 4.55. The van der Waals surface area contributed by atoms with E-state index in [9.17, 15) is 5.11 Å². The molecule has 4 heteroatoms. The molecular weight excluding hydrogens is 439 g/mol. The van der Waals surface area contributed by atoms with Crippen LogP contribution in [0, 0.1) is 0 Å². The molecule has 0 heterocycles. The quantitative estimate of drug-likeness (QED) is 0.408. The molecule has 3 rings (SSSR count). The molecule has 0 saturated heterocycles. The first-order valence-corrected chi connectivity index (χ1v) is 12.0. The average molecular weight is 467 g/mol. The molecule has 156 valence electrons. The predicted octanol–water partition coefficient (Wildman–Crippen LogP) is 4.08. The van der Waals surface area contributed by atoms with Gasteiger partial charge in [-0.3, -0.25) is 0 Å². The van der Waals surface area contributed by atoms with Crippen LogP contribution in [0.5, 0.6) is 0 Å². The summed E-state index contributed by atoms with van der Waals surface area (Å²) in [6.07, 6.45) is 1.76. The van der Waals surface area contributed by atoms with Crippen LogP contribution in [-0.4, -0.2) is 38.9 Å². The number of aliphatic hydroxyl groups excluding tert-OH is 1. The van der Waals surface area contributed by atoms with Gasteiger partial charge in [0.25, 0.3) is 0 Å². The van der Waals surface area contributed by atoms with Gasteiger partial charge >= 0.3 is 186 Å². The van der Waals surface area contributed by atoms with Gasteiger partial charge < -0.3 is 0 Å². The van der Waals surface area contributed by atoms with E-state index >= 15 is 0 Å². The van der Waals surface area contributed by atoms with Crippen LogP contribution in [-0.2, 0) is 22.7 Å². The van der Waals surface area contributed by atoms with E-state index in [2.05, 4.69) is 35.3 Å². The molecule has 0 aliphatic heterocycles. The fraction of sp³-hybridized carbons (Fsp3) is 0.231. The zero-order valence-corrected chi connectivity index (χ0v) is 18.7. The molecule has 30 heavy (non-hydrogen) atoms. The van der Waals surface area contributed by atoms with Crippen molar-refractivity contribution in [2.45, 2.75) is 31.8 Å². The Hall–Kier alpha value is -2.20. The number of hydrogen-bond donors (Lipinski definition) is 1. The molecule has 3 nitrogen and oxygen atoms in total. The van der Waals surface area contributed by atoms with Crippen molar-refractivity contribution in [2.24, 2.45) is 0 Å². The first-order valence-electron chi connectivity index (χ1n) is 10.1. The zero-order valence-electron chi connectivity index (χ0n) is 17.0. The molecular formula is C26H28O3Se. The molecule has 1 N–H and O–H groups in total. The number of benzene rings is 3. The molecule has 0 radical (unpaired) electrons. The van der Waals surface area contributed by atoms with E-state index in [1.54, 1.807) is 0 Å². The van der Waals surface area contributed by atoms with Crippen LogP contribution in [0.1, 0.15) is 17.5 Å². The van der Waals surface area contributed by atoms with E-state index < -0.39 is 6.10 Å². The van der Waals surface area contributed by atoms with Crippen molar-refractivity contribution in [2.75, 3.05) is 6.61 Å². The van der Waals surface area contributed by atoms with Crippen LogP contribution in [0.15, 0.2) is 102 Å². The third-order valence-corrected chi connectivity index (χ3v) is 6.38. The summed E-state index contributed by atoms with van der Waals surface area (Å²) in [5, 5.41) is 10.7. The maximum atomic E-state index is 10.7. The number of hydrogen-bond acceptors (Lipinski definition) is 3. The standard InChI is InChI=1S/C26H28O3Se/c27-25(21-28-19-22-11-4-1-5-12-22)26(29-20-23-13-6-2-7-14-23)17-10-18-30-24-15-8-3-9-16-24/h1-16,18,25-27H,17,19-21H2/b18-10+/t25-,26+/m1/s1. The molecule has 0 spiro atoms. The molecule has 0 fully saturated rings. The second kappa shape index (κ2) is 13.2. The van der Waals surface area contributed by atoms with Crippen molar-refractivity contribution in [1.29, 1.82) is 0 Å². The van der Waals surface area contributed by atoms with Gasteiger partial charge in [-0.05, 0) is 0 Å². The topological polar surface area (TPSA) is 38.7 Å². The molecule has 0 aromatic heterocycles. The fourth-order valence-corrected chi connectivity index (χ4v) is 4.33. The summed E-state index contributed by atoms with van der Waals surface area (Å²) >= 11 is 0.278. The van der Waals surface area contributed by atoms with E-state index in [1.165, 1.54) is 4.46 Å². The second-order valence-electron chi connectivity index (χ2n) is 6.94. The summed E-state index contributed by atoms with van der Waals surface area (Å²) in [5.41, 5.74) is 2.19. The zero-order chi connectivity index (χ0) is 20.9.